The Morgan fingerprint density at radius 2 is 1.81 bits per heavy atom. The van der Waals surface area contributed by atoms with E-state index in [1.807, 2.05) is 42.5 Å². The second kappa shape index (κ2) is 5.57. The Labute approximate surface area is 124 Å². The molecule has 1 atom stereocenters. The van der Waals surface area contributed by atoms with Crippen LogP contribution in [0.2, 0.25) is 0 Å². The number of fused-ring (bicyclic) bond motifs is 1. The summed E-state index contributed by atoms with van der Waals surface area (Å²) >= 11 is 0. The molecule has 0 radical (unpaired) electrons. The summed E-state index contributed by atoms with van der Waals surface area (Å²) in [7, 11) is 0. The van der Waals surface area contributed by atoms with Crippen LogP contribution in [0.25, 0.3) is 22.2 Å². The van der Waals surface area contributed by atoms with Crippen molar-refractivity contribution in [2.75, 3.05) is 0 Å². The predicted octanol–water partition coefficient (Wildman–Crippen LogP) is 4.71. The van der Waals surface area contributed by atoms with Crippen LogP contribution in [0.15, 0.2) is 59.4 Å². The molecule has 1 N–H and O–H groups in total. The highest BCUT2D eigenvalue weighted by molar-refractivity contribution is 5.82. The zero-order valence-corrected chi connectivity index (χ0v) is 12.4. The second-order valence-corrected chi connectivity index (χ2v) is 5.53. The highest BCUT2D eigenvalue weighted by Crippen LogP contribution is 2.23. The predicted molar refractivity (Wildman–Crippen MR) is 88.7 cm³/mol. The molecule has 21 heavy (non-hydrogen) atoms. The van der Waals surface area contributed by atoms with Gasteiger partial charge in [-0.3, -0.25) is 4.79 Å². The first-order valence-electron chi connectivity index (χ1n) is 7.41. The van der Waals surface area contributed by atoms with Gasteiger partial charge in [0.15, 0.2) is 5.43 Å². The van der Waals surface area contributed by atoms with Gasteiger partial charge in [0.05, 0.1) is 0 Å². The number of nitrogens with one attached hydrogen (secondary N) is 1. The molecular weight excluding hydrogens is 258 g/mol. The summed E-state index contributed by atoms with van der Waals surface area (Å²) in [6.45, 7) is 4.35. The van der Waals surface area contributed by atoms with Crippen LogP contribution in [0.1, 0.15) is 31.7 Å². The summed E-state index contributed by atoms with van der Waals surface area (Å²) in [6.07, 6.45) is 1.07. The molecule has 3 rings (SSSR count). The van der Waals surface area contributed by atoms with Crippen molar-refractivity contribution in [3.63, 3.8) is 0 Å². The van der Waals surface area contributed by atoms with Gasteiger partial charge in [-0.05, 0) is 35.6 Å². The Morgan fingerprint density at radius 1 is 1.05 bits per heavy atom. The molecule has 3 aromatic rings. The zero-order valence-electron chi connectivity index (χ0n) is 12.4. The first-order chi connectivity index (χ1) is 10.2. The van der Waals surface area contributed by atoms with E-state index in [1.54, 1.807) is 6.07 Å². The van der Waals surface area contributed by atoms with Gasteiger partial charge < -0.3 is 4.98 Å². The summed E-state index contributed by atoms with van der Waals surface area (Å²) in [6, 6.07) is 17.8. The van der Waals surface area contributed by atoms with E-state index in [0.717, 1.165) is 28.6 Å². The molecule has 0 aliphatic rings. The van der Waals surface area contributed by atoms with Crippen molar-refractivity contribution in [3.8, 4) is 11.3 Å². The van der Waals surface area contributed by atoms with Crippen molar-refractivity contribution in [1.29, 1.82) is 0 Å². The molecule has 0 bridgehead atoms. The standard InChI is InChI=1S/C19H19NO/c1-3-13(2)15-9-10-17-16(11-15)19(21)12-18(20-17)14-7-5-4-6-8-14/h4-13H,3H2,1-2H3,(H,20,21). The average Bonchev–Trinajstić information content (AvgIpc) is 2.54. The molecule has 0 fully saturated rings. The van der Waals surface area contributed by atoms with Crippen LogP contribution in [0, 0.1) is 0 Å². The smallest absolute Gasteiger partial charge is 0.190 e. The molecule has 2 heteroatoms. The van der Waals surface area contributed by atoms with Crippen molar-refractivity contribution in [2.45, 2.75) is 26.2 Å². The van der Waals surface area contributed by atoms with Crippen LogP contribution in [0.3, 0.4) is 0 Å². The number of hydrogen-bond donors (Lipinski definition) is 1. The molecule has 2 aromatic carbocycles. The van der Waals surface area contributed by atoms with E-state index in [1.165, 1.54) is 5.56 Å². The number of rotatable bonds is 3. The van der Waals surface area contributed by atoms with Gasteiger partial charge in [0, 0.05) is 22.7 Å². The van der Waals surface area contributed by atoms with Crippen molar-refractivity contribution in [1.82, 2.24) is 4.98 Å². The van der Waals surface area contributed by atoms with Crippen LogP contribution in [0.5, 0.6) is 0 Å². The highest BCUT2D eigenvalue weighted by atomic mass is 16.1. The van der Waals surface area contributed by atoms with Gasteiger partial charge in [-0.15, -0.1) is 0 Å². The topological polar surface area (TPSA) is 32.9 Å². The third-order valence-electron chi connectivity index (χ3n) is 4.12. The van der Waals surface area contributed by atoms with E-state index in [2.05, 4.69) is 24.9 Å². The monoisotopic (exact) mass is 277 g/mol. The summed E-state index contributed by atoms with van der Waals surface area (Å²) in [5.74, 6) is 0.475. The fraction of sp³-hybridized carbons (Fsp3) is 0.211. The molecule has 0 aliphatic heterocycles. The lowest BCUT2D eigenvalue weighted by Crippen LogP contribution is -2.04. The van der Waals surface area contributed by atoms with Gasteiger partial charge >= 0.3 is 0 Å². The minimum atomic E-state index is 0.0766. The lowest BCUT2D eigenvalue weighted by Gasteiger charge is -2.10. The maximum Gasteiger partial charge on any atom is 0.190 e. The molecule has 1 heterocycles. The zero-order chi connectivity index (χ0) is 14.8. The van der Waals surface area contributed by atoms with Crippen molar-refractivity contribution in [2.24, 2.45) is 0 Å². The summed E-state index contributed by atoms with van der Waals surface area (Å²) in [5, 5.41) is 0.771. The minimum absolute atomic E-state index is 0.0766. The van der Waals surface area contributed by atoms with Crippen LogP contribution in [0.4, 0.5) is 0 Å². The first-order valence-corrected chi connectivity index (χ1v) is 7.41. The largest absolute Gasteiger partial charge is 0.354 e. The first kappa shape index (κ1) is 13.6. The third kappa shape index (κ3) is 2.62. The fourth-order valence-corrected chi connectivity index (χ4v) is 2.58. The van der Waals surface area contributed by atoms with E-state index in [-0.39, 0.29) is 5.43 Å². The van der Waals surface area contributed by atoms with E-state index >= 15 is 0 Å². The fourth-order valence-electron chi connectivity index (χ4n) is 2.58. The van der Waals surface area contributed by atoms with Crippen molar-refractivity contribution in [3.05, 3.63) is 70.4 Å². The highest BCUT2D eigenvalue weighted by Gasteiger charge is 2.08. The van der Waals surface area contributed by atoms with Crippen LogP contribution < -0.4 is 5.43 Å². The Morgan fingerprint density at radius 3 is 2.52 bits per heavy atom. The van der Waals surface area contributed by atoms with Crippen molar-refractivity contribution >= 4 is 10.9 Å². The van der Waals surface area contributed by atoms with E-state index < -0.39 is 0 Å². The molecule has 0 saturated heterocycles. The summed E-state index contributed by atoms with van der Waals surface area (Å²) < 4.78 is 0. The Kier molecular flexibility index (Phi) is 3.61. The maximum absolute atomic E-state index is 12.4. The van der Waals surface area contributed by atoms with Crippen molar-refractivity contribution < 1.29 is 0 Å². The molecule has 1 aromatic heterocycles. The Balaban J connectivity index is 2.16. The van der Waals surface area contributed by atoms with E-state index in [4.69, 9.17) is 0 Å². The molecule has 0 aliphatic carbocycles. The maximum atomic E-state index is 12.4. The molecule has 1 unspecified atom stereocenters. The number of benzene rings is 2. The summed E-state index contributed by atoms with van der Waals surface area (Å²) in [4.78, 5) is 15.8. The van der Waals surface area contributed by atoms with E-state index in [0.29, 0.717) is 5.92 Å². The van der Waals surface area contributed by atoms with Gasteiger partial charge in [0.2, 0.25) is 0 Å². The number of H-pyrrole nitrogens is 1. The van der Waals surface area contributed by atoms with Gasteiger partial charge in [0.1, 0.15) is 0 Å². The number of aromatic nitrogens is 1. The van der Waals surface area contributed by atoms with Gasteiger partial charge in [-0.25, -0.2) is 0 Å². The molecule has 2 nitrogen and oxygen atoms in total. The summed E-state index contributed by atoms with van der Waals surface area (Å²) in [5.41, 5.74) is 4.09. The molecular formula is C19H19NO. The molecule has 0 amide bonds. The lowest BCUT2D eigenvalue weighted by molar-refractivity contribution is 0.734. The van der Waals surface area contributed by atoms with Gasteiger partial charge in [-0.2, -0.15) is 0 Å². The third-order valence-corrected chi connectivity index (χ3v) is 4.12. The molecule has 106 valence electrons. The van der Waals surface area contributed by atoms with Gasteiger partial charge in [0.25, 0.3) is 0 Å². The van der Waals surface area contributed by atoms with Crippen LogP contribution in [-0.4, -0.2) is 4.98 Å². The quantitative estimate of drug-likeness (QED) is 0.739. The Hall–Kier alpha value is -2.35. The number of aromatic amines is 1. The lowest BCUT2D eigenvalue weighted by atomic mass is 9.97. The second-order valence-electron chi connectivity index (χ2n) is 5.53. The minimum Gasteiger partial charge on any atom is -0.354 e. The van der Waals surface area contributed by atoms with Gasteiger partial charge in [-0.1, -0.05) is 50.2 Å². The van der Waals surface area contributed by atoms with Crippen LogP contribution in [-0.2, 0) is 0 Å². The average molecular weight is 277 g/mol. The Bertz CT molecular complexity index is 818. The van der Waals surface area contributed by atoms with Crippen LogP contribution >= 0.6 is 0 Å². The normalized spacial score (nSPS) is 12.5. The SMILES string of the molecule is CCC(C)c1ccc2[nH]c(-c3ccccc3)cc(=O)c2c1. The molecule has 0 spiro atoms. The molecule has 0 saturated carbocycles. The number of hydrogen-bond acceptors (Lipinski definition) is 1. The van der Waals surface area contributed by atoms with E-state index in [9.17, 15) is 4.79 Å². The number of pyridine rings is 1.